The van der Waals surface area contributed by atoms with Gasteiger partial charge in [0.25, 0.3) is 0 Å². The van der Waals surface area contributed by atoms with Gasteiger partial charge in [-0.15, -0.1) is 11.6 Å². The lowest BCUT2D eigenvalue weighted by Crippen LogP contribution is -2.45. The van der Waals surface area contributed by atoms with Gasteiger partial charge in [0.05, 0.1) is 6.10 Å². The zero-order chi connectivity index (χ0) is 10.6. The number of carbonyl (C=O) groups is 1. The first-order valence-electron chi connectivity index (χ1n) is 5.20. The standard InChI is InChI=1S/C10H18ClNO2/c1-2-8-7-12(6-4-9(8)13)10(14)3-5-11/h8-9,13H,2-7H2,1H3/t8-,9-/m0/s1. The monoisotopic (exact) mass is 219 g/mol. The normalized spacial score (nSPS) is 27.8. The second kappa shape index (κ2) is 5.56. The zero-order valence-electron chi connectivity index (χ0n) is 8.58. The predicted molar refractivity (Wildman–Crippen MR) is 56.3 cm³/mol. The van der Waals surface area contributed by atoms with Crippen molar-refractivity contribution in [3.05, 3.63) is 0 Å². The molecule has 2 atom stereocenters. The van der Waals surface area contributed by atoms with Gasteiger partial charge in [-0.25, -0.2) is 0 Å². The van der Waals surface area contributed by atoms with Gasteiger partial charge in [0.15, 0.2) is 0 Å². The van der Waals surface area contributed by atoms with E-state index >= 15 is 0 Å². The third-order valence-electron chi connectivity index (χ3n) is 2.88. The Morgan fingerprint density at radius 2 is 2.36 bits per heavy atom. The Bertz CT molecular complexity index is 199. The molecule has 0 saturated carbocycles. The molecular weight excluding hydrogens is 202 g/mol. The van der Waals surface area contributed by atoms with Crippen molar-refractivity contribution in [3.8, 4) is 0 Å². The number of piperidine rings is 1. The van der Waals surface area contributed by atoms with Crippen molar-refractivity contribution < 1.29 is 9.90 Å². The lowest BCUT2D eigenvalue weighted by atomic mass is 9.92. The fourth-order valence-electron chi connectivity index (χ4n) is 1.89. The van der Waals surface area contributed by atoms with Crippen LogP contribution in [0.3, 0.4) is 0 Å². The largest absolute Gasteiger partial charge is 0.393 e. The van der Waals surface area contributed by atoms with E-state index in [1.165, 1.54) is 0 Å². The minimum absolute atomic E-state index is 0.116. The molecule has 14 heavy (non-hydrogen) atoms. The summed E-state index contributed by atoms with van der Waals surface area (Å²) in [5.74, 6) is 0.739. The number of aliphatic hydroxyl groups excluding tert-OH is 1. The van der Waals surface area contributed by atoms with Crippen molar-refractivity contribution in [2.75, 3.05) is 19.0 Å². The second-order valence-electron chi connectivity index (χ2n) is 3.80. The van der Waals surface area contributed by atoms with Crippen LogP contribution in [-0.2, 0) is 4.79 Å². The van der Waals surface area contributed by atoms with Gasteiger partial charge in [0, 0.05) is 31.3 Å². The molecule has 1 heterocycles. The van der Waals surface area contributed by atoms with E-state index in [0.29, 0.717) is 31.8 Å². The fourth-order valence-corrected chi connectivity index (χ4v) is 2.05. The molecule has 1 aliphatic rings. The highest BCUT2D eigenvalue weighted by Crippen LogP contribution is 2.20. The van der Waals surface area contributed by atoms with Crippen LogP contribution in [0.5, 0.6) is 0 Å². The van der Waals surface area contributed by atoms with Crippen LogP contribution < -0.4 is 0 Å². The topological polar surface area (TPSA) is 40.5 Å². The number of likely N-dealkylation sites (tertiary alicyclic amines) is 1. The van der Waals surface area contributed by atoms with Crippen LogP contribution in [0.4, 0.5) is 0 Å². The third kappa shape index (κ3) is 2.85. The molecule has 0 aromatic rings. The number of amides is 1. The van der Waals surface area contributed by atoms with E-state index < -0.39 is 0 Å². The summed E-state index contributed by atoms with van der Waals surface area (Å²) in [4.78, 5) is 13.3. The van der Waals surface area contributed by atoms with Crippen molar-refractivity contribution >= 4 is 17.5 Å². The van der Waals surface area contributed by atoms with Gasteiger partial charge in [-0.05, 0) is 12.8 Å². The fraction of sp³-hybridized carbons (Fsp3) is 0.900. The average molecular weight is 220 g/mol. The number of nitrogens with zero attached hydrogens (tertiary/aromatic N) is 1. The summed E-state index contributed by atoms with van der Waals surface area (Å²) < 4.78 is 0. The highest BCUT2D eigenvalue weighted by molar-refractivity contribution is 6.18. The van der Waals surface area contributed by atoms with Gasteiger partial charge >= 0.3 is 0 Å². The Labute approximate surface area is 90.0 Å². The highest BCUT2D eigenvalue weighted by Gasteiger charge is 2.28. The van der Waals surface area contributed by atoms with Crippen LogP contribution in [0.15, 0.2) is 0 Å². The maximum Gasteiger partial charge on any atom is 0.223 e. The van der Waals surface area contributed by atoms with Crippen LogP contribution in [0.2, 0.25) is 0 Å². The molecule has 1 amide bonds. The Morgan fingerprint density at radius 3 is 2.93 bits per heavy atom. The molecule has 0 aromatic carbocycles. The van der Waals surface area contributed by atoms with Gasteiger partial charge in [-0.1, -0.05) is 6.92 Å². The Hall–Kier alpha value is -0.280. The first-order valence-corrected chi connectivity index (χ1v) is 5.74. The van der Waals surface area contributed by atoms with Crippen LogP contribution in [0.25, 0.3) is 0 Å². The maximum atomic E-state index is 11.5. The number of halogens is 1. The number of alkyl halides is 1. The van der Waals surface area contributed by atoms with Gasteiger partial charge in [0.2, 0.25) is 5.91 Å². The van der Waals surface area contributed by atoms with Gasteiger partial charge in [0.1, 0.15) is 0 Å². The summed E-state index contributed by atoms with van der Waals surface area (Å²) >= 11 is 5.52. The lowest BCUT2D eigenvalue weighted by Gasteiger charge is -2.35. The molecule has 1 saturated heterocycles. The van der Waals surface area contributed by atoms with E-state index in [2.05, 4.69) is 0 Å². The van der Waals surface area contributed by atoms with E-state index in [1.807, 2.05) is 11.8 Å². The molecule has 1 rings (SSSR count). The van der Waals surface area contributed by atoms with Crippen molar-refractivity contribution in [2.24, 2.45) is 5.92 Å². The number of carbonyl (C=O) groups excluding carboxylic acids is 1. The molecule has 4 heteroatoms. The lowest BCUT2D eigenvalue weighted by molar-refractivity contribution is -0.134. The molecule has 0 unspecified atom stereocenters. The minimum atomic E-state index is -0.236. The number of hydrogen-bond acceptors (Lipinski definition) is 2. The summed E-state index contributed by atoms with van der Waals surface area (Å²) in [6.07, 6.45) is 1.80. The molecule has 1 fully saturated rings. The molecule has 1 aliphatic heterocycles. The Morgan fingerprint density at radius 1 is 1.64 bits per heavy atom. The molecular formula is C10H18ClNO2. The van der Waals surface area contributed by atoms with E-state index in [-0.39, 0.29) is 17.9 Å². The smallest absolute Gasteiger partial charge is 0.223 e. The highest BCUT2D eigenvalue weighted by atomic mass is 35.5. The van der Waals surface area contributed by atoms with E-state index in [1.54, 1.807) is 0 Å². The van der Waals surface area contributed by atoms with Crippen LogP contribution in [0.1, 0.15) is 26.2 Å². The SMILES string of the molecule is CC[C@H]1CN(C(=O)CCCl)CC[C@@H]1O. The van der Waals surface area contributed by atoms with E-state index in [4.69, 9.17) is 11.6 Å². The number of rotatable bonds is 3. The predicted octanol–water partition coefficient (Wildman–Crippen LogP) is 1.23. The van der Waals surface area contributed by atoms with Crippen molar-refractivity contribution in [2.45, 2.75) is 32.3 Å². The molecule has 0 radical (unpaired) electrons. The summed E-state index contributed by atoms with van der Waals surface area (Å²) in [6.45, 7) is 3.41. The van der Waals surface area contributed by atoms with Crippen molar-refractivity contribution in [1.82, 2.24) is 4.90 Å². The molecule has 0 aliphatic carbocycles. The third-order valence-corrected chi connectivity index (χ3v) is 3.07. The summed E-state index contributed by atoms with van der Waals surface area (Å²) in [6, 6.07) is 0. The van der Waals surface area contributed by atoms with Gasteiger partial charge < -0.3 is 10.0 Å². The van der Waals surface area contributed by atoms with Crippen molar-refractivity contribution in [1.29, 1.82) is 0 Å². The minimum Gasteiger partial charge on any atom is -0.393 e. The van der Waals surface area contributed by atoms with Crippen molar-refractivity contribution in [3.63, 3.8) is 0 Å². The molecule has 3 nitrogen and oxygen atoms in total. The number of aliphatic hydroxyl groups is 1. The Kier molecular flexibility index (Phi) is 4.69. The molecule has 0 spiro atoms. The molecule has 0 aromatic heterocycles. The molecule has 82 valence electrons. The number of hydrogen-bond donors (Lipinski definition) is 1. The summed E-state index contributed by atoms with van der Waals surface area (Å²) in [7, 11) is 0. The molecule has 0 bridgehead atoms. The van der Waals surface area contributed by atoms with Crippen LogP contribution in [0, 0.1) is 5.92 Å². The summed E-state index contributed by atoms with van der Waals surface area (Å²) in [5, 5.41) is 9.63. The van der Waals surface area contributed by atoms with Crippen LogP contribution in [-0.4, -0.2) is 41.0 Å². The second-order valence-corrected chi connectivity index (χ2v) is 4.18. The Balaban J connectivity index is 2.45. The quantitative estimate of drug-likeness (QED) is 0.726. The van der Waals surface area contributed by atoms with Gasteiger partial charge in [-0.2, -0.15) is 0 Å². The van der Waals surface area contributed by atoms with Crippen LogP contribution >= 0.6 is 11.6 Å². The first-order chi connectivity index (χ1) is 6.69. The van der Waals surface area contributed by atoms with Gasteiger partial charge in [-0.3, -0.25) is 4.79 Å². The van der Waals surface area contributed by atoms with E-state index in [0.717, 1.165) is 6.42 Å². The molecule has 1 N–H and O–H groups in total. The first kappa shape index (κ1) is 11.8. The zero-order valence-corrected chi connectivity index (χ0v) is 9.33. The summed E-state index contributed by atoms with van der Waals surface area (Å²) in [5.41, 5.74) is 0. The van der Waals surface area contributed by atoms with E-state index in [9.17, 15) is 9.90 Å². The maximum absolute atomic E-state index is 11.5. The average Bonchev–Trinajstić information content (AvgIpc) is 2.19.